The number of hydrogen-bond donors (Lipinski definition) is 2. The van der Waals surface area contributed by atoms with Crippen LogP contribution in [0.1, 0.15) is 19.3 Å². The highest BCUT2D eigenvalue weighted by molar-refractivity contribution is 5.89. The second kappa shape index (κ2) is 5.68. The first-order valence-corrected chi connectivity index (χ1v) is 6.05. The van der Waals surface area contributed by atoms with E-state index in [0.29, 0.717) is 0 Å². The molecule has 1 aliphatic heterocycles. The second-order valence-corrected chi connectivity index (χ2v) is 4.32. The van der Waals surface area contributed by atoms with Gasteiger partial charge in [0.05, 0.1) is 12.6 Å². The highest BCUT2D eigenvalue weighted by Crippen LogP contribution is 2.18. The molecule has 0 spiro atoms. The minimum Gasteiger partial charge on any atom is -0.394 e. The van der Waals surface area contributed by atoms with E-state index in [1.54, 1.807) is 4.90 Å². The maximum absolute atomic E-state index is 12.0. The Kier molecular flexibility index (Phi) is 3.98. The molecule has 92 valence electrons. The fourth-order valence-electron chi connectivity index (χ4n) is 2.17. The molecular formula is C13H18N2O2. The molecule has 1 aromatic rings. The van der Waals surface area contributed by atoms with E-state index in [0.717, 1.165) is 31.5 Å². The summed E-state index contributed by atoms with van der Waals surface area (Å²) in [7, 11) is 0. The van der Waals surface area contributed by atoms with Crippen LogP contribution in [0.2, 0.25) is 0 Å². The smallest absolute Gasteiger partial charge is 0.322 e. The van der Waals surface area contributed by atoms with Gasteiger partial charge in [-0.05, 0) is 31.4 Å². The standard InChI is InChI=1S/C13H18N2O2/c16-10-12-8-4-5-9-15(12)13(17)14-11-6-2-1-3-7-11/h1-3,6-7,12,16H,4-5,8-10H2,(H,14,17)/t12-/m1/s1. The van der Waals surface area contributed by atoms with E-state index >= 15 is 0 Å². The predicted molar refractivity (Wildman–Crippen MR) is 66.9 cm³/mol. The zero-order valence-electron chi connectivity index (χ0n) is 9.80. The third-order valence-corrected chi connectivity index (χ3v) is 3.12. The van der Waals surface area contributed by atoms with Crippen LogP contribution >= 0.6 is 0 Å². The third kappa shape index (κ3) is 2.97. The summed E-state index contributed by atoms with van der Waals surface area (Å²) in [6.07, 6.45) is 2.98. The molecular weight excluding hydrogens is 216 g/mol. The van der Waals surface area contributed by atoms with Gasteiger partial charge in [0.15, 0.2) is 0 Å². The Balaban J connectivity index is 1.99. The van der Waals surface area contributed by atoms with Crippen molar-refractivity contribution in [3.8, 4) is 0 Å². The Morgan fingerprint density at radius 1 is 1.35 bits per heavy atom. The van der Waals surface area contributed by atoms with Gasteiger partial charge in [-0.25, -0.2) is 4.79 Å². The van der Waals surface area contributed by atoms with Crippen molar-refractivity contribution in [2.75, 3.05) is 18.5 Å². The van der Waals surface area contributed by atoms with Gasteiger partial charge in [0.25, 0.3) is 0 Å². The summed E-state index contributed by atoms with van der Waals surface area (Å²) >= 11 is 0. The Morgan fingerprint density at radius 2 is 2.12 bits per heavy atom. The number of anilines is 1. The molecule has 0 saturated carbocycles. The van der Waals surface area contributed by atoms with Crippen molar-refractivity contribution in [1.82, 2.24) is 4.90 Å². The lowest BCUT2D eigenvalue weighted by Gasteiger charge is -2.34. The number of hydrogen-bond acceptors (Lipinski definition) is 2. The molecule has 2 rings (SSSR count). The molecule has 1 aromatic carbocycles. The number of amides is 2. The first-order chi connectivity index (χ1) is 8.31. The van der Waals surface area contributed by atoms with E-state index in [-0.39, 0.29) is 18.7 Å². The molecule has 17 heavy (non-hydrogen) atoms. The molecule has 0 unspecified atom stereocenters. The van der Waals surface area contributed by atoms with Crippen molar-refractivity contribution in [2.24, 2.45) is 0 Å². The molecule has 2 N–H and O–H groups in total. The molecule has 4 nitrogen and oxygen atoms in total. The summed E-state index contributed by atoms with van der Waals surface area (Å²) in [5.41, 5.74) is 0.791. The molecule has 1 atom stereocenters. The van der Waals surface area contributed by atoms with Crippen LogP contribution in [0.25, 0.3) is 0 Å². The van der Waals surface area contributed by atoms with E-state index in [2.05, 4.69) is 5.32 Å². The molecule has 1 heterocycles. The lowest BCUT2D eigenvalue weighted by atomic mass is 10.0. The Morgan fingerprint density at radius 3 is 2.82 bits per heavy atom. The molecule has 0 aliphatic carbocycles. The minimum absolute atomic E-state index is 0.0348. The quantitative estimate of drug-likeness (QED) is 0.823. The average Bonchev–Trinajstić information content (AvgIpc) is 2.40. The van der Waals surface area contributed by atoms with Crippen molar-refractivity contribution >= 4 is 11.7 Å². The molecule has 2 amide bonds. The normalized spacial score (nSPS) is 20.1. The van der Waals surface area contributed by atoms with Gasteiger partial charge in [0.1, 0.15) is 0 Å². The number of piperidine rings is 1. The molecule has 1 fully saturated rings. The summed E-state index contributed by atoms with van der Waals surface area (Å²) in [6, 6.07) is 9.24. The van der Waals surface area contributed by atoms with Gasteiger partial charge >= 0.3 is 6.03 Å². The van der Waals surface area contributed by atoms with Crippen molar-refractivity contribution < 1.29 is 9.90 Å². The average molecular weight is 234 g/mol. The van der Waals surface area contributed by atoms with Crippen LogP contribution < -0.4 is 5.32 Å². The van der Waals surface area contributed by atoms with E-state index in [1.165, 1.54) is 0 Å². The lowest BCUT2D eigenvalue weighted by Crippen LogP contribution is -2.47. The van der Waals surface area contributed by atoms with Crippen LogP contribution in [-0.2, 0) is 0 Å². The van der Waals surface area contributed by atoms with Gasteiger partial charge in [0.2, 0.25) is 0 Å². The number of likely N-dealkylation sites (tertiary alicyclic amines) is 1. The number of carbonyl (C=O) groups excluding carboxylic acids is 1. The monoisotopic (exact) mass is 234 g/mol. The Hall–Kier alpha value is -1.55. The van der Waals surface area contributed by atoms with Crippen LogP contribution in [0, 0.1) is 0 Å². The van der Waals surface area contributed by atoms with Gasteiger partial charge in [-0.3, -0.25) is 0 Å². The first kappa shape index (κ1) is 11.9. The highest BCUT2D eigenvalue weighted by atomic mass is 16.3. The van der Waals surface area contributed by atoms with E-state index in [4.69, 9.17) is 0 Å². The van der Waals surface area contributed by atoms with E-state index in [1.807, 2.05) is 30.3 Å². The summed E-state index contributed by atoms with van der Waals surface area (Å²) < 4.78 is 0. The van der Waals surface area contributed by atoms with Crippen molar-refractivity contribution in [3.05, 3.63) is 30.3 Å². The largest absolute Gasteiger partial charge is 0.394 e. The van der Waals surface area contributed by atoms with Crippen molar-refractivity contribution in [2.45, 2.75) is 25.3 Å². The van der Waals surface area contributed by atoms with E-state index in [9.17, 15) is 9.90 Å². The number of benzene rings is 1. The Labute approximate surface area is 101 Å². The fraction of sp³-hybridized carbons (Fsp3) is 0.462. The van der Waals surface area contributed by atoms with Crippen molar-refractivity contribution in [3.63, 3.8) is 0 Å². The minimum atomic E-state index is -0.116. The third-order valence-electron chi connectivity index (χ3n) is 3.12. The zero-order valence-corrected chi connectivity index (χ0v) is 9.80. The van der Waals surface area contributed by atoms with Crippen LogP contribution in [0.3, 0.4) is 0 Å². The Bertz CT molecular complexity index is 367. The van der Waals surface area contributed by atoms with Crippen LogP contribution in [0.4, 0.5) is 10.5 Å². The predicted octanol–water partition coefficient (Wildman–Crippen LogP) is 2.07. The molecule has 1 aliphatic rings. The van der Waals surface area contributed by atoms with E-state index < -0.39 is 0 Å². The first-order valence-electron chi connectivity index (χ1n) is 6.05. The molecule has 0 radical (unpaired) electrons. The van der Waals surface area contributed by atoms with Crippen LogP contribution in [0.5, 0.6) is 0 Å². The number of nitrogens with zero attached hydrogens (tertiary/aromatic N) is 1. The summed E-state index contributed by atoms with van der Waals surface area (Å²) in [6.45, 7) is 0.770. The van der Waals surface area contributed by atoms with Crippen LogP contribution in [0.15, 0.2) is 30.3 Å². The second-order valence-electron chi connectivity index (χ2n) is 4.32. The molecule has 0 bridgehead atoms. The molecule has 0 aromatic heterocycles. The number of aliphatic hydroxyl groups excluding tert-OH is 1. The number of para-hydroxylation sites is 1. The molecule has 4 heteroatoms. The number of aliphatic hydroxyl groups is 1. The van der Waals surface area contributed by atoms with Gasteiger partial charge in [-0.1, -0.05) is 18.2 Å². The summed E-state index contributed by atoms with van der Waals surface area (Å²) in [5.74, 6) is 0. The van der Waals surface area contributed by atoms with Gasteiger partial charge < -0.3 is 15.3 Å². The zero-order chi connectivity index (χ0) is 12.1. The summed E-state index contributed by atoms with van der Waals surface area (Å²) in [5, 5.41) is 12.1. The maximum atomic E-state index is 12.0. The van der Waals surface area contributed by atoms with Crippen LogP contribution in [-0.4, -0.2) is 35.2 Å². The fourth-order valence-corrected chi connectivity index (χ4v) is 2.17. The molecule has 1 saturated heterocycles. The number of urea groups is 1. The highest BCUT2D eigenvalue weighted by Gasteiger charge is 2.25. The van der Waals surface area contributed by atoms with Gasteiger partial charge in [-0.15, -0.1) is 0 Å². The van der Waals surface area contributed by atoms with Gasteiger partial charge in [-0.2, -0.15) is 0 Å². The summed E-state index contributed by atoms with van der Waals surface area (Å²) in [4.78, 5) is 13.8. The number of nitrogens with one attached hydrogen (secondary N) is 1. The SMILES string of the molecule is O=C(Nc1ccccc1)N1CCCC[C@@H]1CO. The maximum Gasteiger partial charge on any atom is 0.322 e. The number of rotatable bonds is 2. The topological polar surface area (TPSA) is 52.6 Å². The van der Waals surface area contributed by atoms with Gasteiger partial charge in [0, 0.05) is 12.2 Å². The lowest BCUT2D eigenvalue weighted by molar-refractivity contribution is 0.115. The van der Waals surface area contributed by atoms with Crippen molar-refractivity contribution in [1.29, 1.82) is 0 Å². The number of carbonyl (C=O) groups is 1.